The molecule has 5 atom stereocenters. The number of hydrogen-bond donors (Lipinski definition) is 4. The van der Waals surface area contributed by atoms with Crippen molar-refractivity contribution in [1.82, 2.24) is 5.32 Å². The zero-order valence-electron chi connectivity index (χ0n) is 11.3. The first-order valence-electron chi connectivity index (χ1n) is 6.02. The molecule has 7 nitrogen and oxygen atoms in total. The summed E-state index contributed by atoms with van der Waals surface area (Å²) < 4.78 is 10.3. The first-order valence-corrected chi connectivity index (χ1v) is 6.02. The van der Waals surface area contributed by atoms with Crippen molar-refractivity contribution in [2.24, 2.45) is 5.73 Å². The van der Waals surface area contributed by atoms with E-state index in [0.29, 0.717) is 0 Å². The van der Waals surface area contributed by atoms with Gasteiger partial charge in [-0.05, 0) is 0 Å². The van der Waals surface area contributed by atoms with Crippen LogP contribution in [0.1, 0.15) is 20.8 Å². The SMILES string of the molecule is CC.COC1OC(CN)C(O)C(O)C1NC(C)=O. The summed E-state index contributed by atoms with van der Waals surface area (Å²) in [6.07, 6.45) is -3.84. The van der Waals surface area contributed by atoms with E-state index in [4.69, 9.17) is 15.2 Å². The van der Waals surface area contributed by atoms with Crippen molar-refractivity contribution in [3.63, 3.8) is 0 Å². The standard InChI is InChI=1S/C9H18N2O5.C2H6/c1-4(12)11-6-8(14)7(13)5(3-10)16-9(6)15-2;1-2/h5-9,13-14H,3,10H2,1-2H3,(H,11,12);1-2H3. The fourth-order valence-corrected chi connectivity index (χ4v) is 1.72. The van der Waals surface area contributed by atoms with Crippen LogP contribution in [0.15, 0.2) is 0 Å². The molecule has 5 unspecified atom stereocenters. The Morgan fingerprint density at radius 2 is 1.94 bits per heavy atom. The Hall–Kier alpha value is -0.730. The molecule has 0 saturated carbocycles. The lowest BCUT2D eigenvalue weighted by atomic mass is 9.96. The topological polar surface area (TPSA) is 114 Å². The highest BCUT2D eigenvalue weighted by Gasteiger charge is 2.44. The first-order chi connectivity index (χ1) is 8.51. The molecule has 1 aliphatic rings. The Morgan fingerprint density at radius 1 is 1.39 bits per heavy atom. The summed E-state index contributed by atoms with van der Waals surface area (Å²) in [4.78, 5) is 10.9. The van der Waals surface area contributed by atoms with Crippen molar-refractivity contribution >= 4 is 5.91 Å². The van der Waals surface area contributed by atoms with E-state index < -0.39 is 30.6 Å². The van der Waals surface area contributed by atoms with Gasteiger partial charge >= 0.3 is 0 Å². The molecule has 1 amide bonds. The van der Waals surface area contributed by atoms with E-state index >= 15 is 0 Å². The van der Waals surface area contributed by atoms with Crippen molar-refractivity contribution in [3.8, 4) is 0 Å². The highest BCUT2D eigenvalue weighted by Crippen LogP contribution is 2.21. The lowest BCUT2D eigenvalue weighted by Gasteiger charge is -2.41. The average Bonchev–Trinajstić information content (AvgIpc) is 2.37. The van der Waals surface area contributed by atoms with Gasteiger partial charge in [0.2, 0.25) is 5.91 Å². The molecule has 108 valence electrons. The Labute approximate surface area is 107 Å². The van der Waals surface area contributed by atoms with Crippen molar-refractivity contribution < 1.29 is 24.5 Å². The number of rotatable bonds is 3. The van der Waals surface area contributed by atoms with Gasteiger partial charge in [0.25, 0.3) is 0 Å². The second kappa shape index (κ2) is 8.39. The maximum atomic E-state index is 10.9. The van der Waals surface area contributed by atoms with Gasteiger partial charge in [-0.25, -0.2) is 0 Å². The predicted molar refractivity (Wildman–Crippen MR) is 65.7 cm³/mol. The molecule has 1 saturated heterocycles. The van der Waals surface area contributed by atoms with Crippen LogP contribution in [0.5, 0.6) is 0 Å². The largest absolute Gasteiger partial charge is 0.388 e. The number of nitrogens with one attached hydrogen (secondary N) is 1. The Balaban J connectivity index is 0.00000137. The van der Waals surface area contributed by atoms with Crippen LogP contribution in [-0.4, -0.2) is 60.4 Å². The fraction of sp³-hybridized carbons (Fsp3) is 0.909. The number of nitrogens with two attached hydrogens (primary N) is 1. The summed E-state index contributed by atoms with van der Waals surface area (Å²) in [5.74, 6) is -0.340. The number of aliphatic hydroxyl groups is 2. The monoisotopic (exact) mass is 264 g/mol. The lowest BCUT2D eigenvalue weighted by Crippen LogP contribution is -2.64. The predicted octanol–water partition coefficient (Wildman–Crippen LogP) is -1.43. The molecule has 1 fully saturated rings. The van der Waals surface area contributed by atoms with E-state index in [-0.39, 0.29) is 12.5 Å². The fourth-order valence-electron chi connectivity index (χ4n) is 1.72. The molecule has 1 rings (SSSR count). The van der Waals surface area contributed by atoms with Gasteiger partial charge in [0.15, 0.2) is 6.29 Å². The maximum absolute atomic E-state index is 10.9. The van der Waals surface area contributed by atoms with Gasteiger partial charge in [0, 0.05) is 20.6 Å². The van der Waals surface area contributed by atoms with Crippen LogP contribution in [0.25, 0.3) is 0 Å². The van der Waals surface area contributed by atoms with E-state index in [1.807, 2.05) is 13.8 Å². The highest BCUT2D eigenvalue weighted by molar-refractivity contribution is 5.73. The zero-order valence-corrected chi connectivity index (χ0v) is 11.3. The van der Waals surface area contributed by atoms with Crippen LogP contribution < -0.4 is 11.1 Å². The molecule has 0 radical (unpaired) electrons. The molecule has 0 aromatic heterocycles. The van der Waals surface area contributed by atoms with E-state index in [1.165, 1.54) is 14.0 Å². The summed E-state index contributed by atoms with van der Waals surface area (Å²) in [5, 5.41) is 21.9. The van der Waals surface area contributed by atoms with Gasteiger partial charge in [-0.1, -0.05) is 13.8 Å². The first kappa shape index (κ1) is 17.3. The Kier molecular flexibility index (Phi) is 8.05. The average molecular weight is 264 g/mol. The second-order valence-electron chi connectivity index (χ2n) is 3.72. The number of amides is 1. The zero-order chi connectivity index (χ0) is 14.3. The molecule has 0 aromatic carbocycles. The third-order valence-electron chi connectivity index (χ3n) is 2.54. The maximum Gasteiger partial charge on any atom is 0.217 e. The van der Waals surface area contributed by atoms with Gasteiger partial charge in [0.1, 0.15) is 24.4 Å². The van der Waals surface area contributed by atoms with Crippen LogP contribution in [0.4, 0.5) is 0 Å². The molecule has 0 aromatic rings. The molecule has 5 N–H and O–H groups in total. The molecule has 0 aliphatic carbocycles. The number of carbonyl (C=O) groups is 1. The number of aliphatic hydroxyl groups excluding tert-OH is 2. The van der Waals surface area contributed by atoms with E-state index in [9.17, 15) is 15.0 Å². The van der Waals surface area contributed by atoms with Crippen LogP contribution >= 0.6 is 0 Å². The number of hydrogen-bond acceptors (Lipinski definition) is 6. The molecule has 1 aliphatic heterocycles. The van der Waals surface area contributed by atoms with Crippen molar-refractivity contribution in [3.05, 3.63) is 0 Å². The molecular formula is C11H24N2O5. The Bertz CT molecular complexity index is 250. The normalized spacial score (nSPS) is 35.4. The van der Waals surface area contributed by atoms with Crippen LogP contribution in [0, 0.1) is 0 Å². The van der Waals surface area contributed by atoms with E-state index in [0.717, 1.165) is 0 Å². The molecule has 1 heterocycles. The van der Waals surface area contributed by atoms with Crippen molar-refractivity contribution in [1.29, 1.82) is 0 Å². The van der Waals surface area contributed by atoms with Crippen LogP contribution in [0.3, 0.4) is 0 Å². The van der Waals surface area contributed by atoms with Gasteiger partial charge in [-0.2, -0.15) is 0 Å². The van der Waals surface area contributed by atoms with Gasteiger partial charge in [0.05, 0.1) is 0 Å². The molecule has 7 heteroatoms. The van der Waals surface area contributed by atoms with Gasteiger partial charge < -0.3 is 30.7 Å². The lowest BCUT2D eigenvalue weighted by molar-refractivity contribution is -0.253. The summed E-state index contributed by atoms with van der Waals surface area (Å²) in [6.45, 7) is 5.37. The molecular weight excluding hydrogens is 240 g/mol. The third kappa shape index (κ3) is 4.18. The van der Waals surface area contributed by atoms with E-state index in [1.54, 1.807) is 0 Å². The minimum Gasteiger partial charge on any atom is -0.388 e. The summed E-state index contributed by atoms with van der Waals surface area (Å²) in [5.41, 5.74) is 5.38. The van der Waals surface area contributed by atoms with Crippen molar-refractivity contribution in [2.75, 3.05) is 13.7 Å². The summed E-state index contributed by atoms with van der Waals surface area (Å²) in [6, 6.07) is -0.805. The molecule has 0 bridgehead atoms. The summed E-state index contributed by atoms with van der Waals surface area (Å²) in [7, 11) is 1.39. The van der Waals surface area contributed by atoms with Gasteiger partial charge in [-0.15, -0.1) is 0 Å². The third-order valence-corrected chi connectivity index (χ3v) is 2.54. The van der Waals surface area contributed by atoms with Crippen LogP contribution in [-0.2, 0) is 14.3 Å². The quantitative estimate of drug-likeness (QED) is 0.497. The highest BCUT2D eigenvalue weighted by atomic mass is 16.7. The summed E-state index contributed by atoms with van der Waals surface area (Å²) >= 11 is 0. The number of carbonyl (C=O) groups excluding carboxylic acids is 1. The molecule has 18 heavy (non-hydrogen) atoms. The minimum atomic E-state index is -1.17. The number of methoxy groups -OCH3 is 1. The minimum absolute atomic E-state index is 0.0604. The van der Waals surface area contributed by atoms with Gasteiger partial charge in [-0.3, -0.25) is 4.79 Å². The molecule has 0 spiro atoms. The smallest absolute Gasteiger partial charge is 0.217 e. The van der Waals surface area contributed by atoms with E-state index in [2.05, 4.69) is 5.32 Å². The van der Waals surface area contributed by atoms with Crippen molar-refractivity contribution in [2.45, 2.75) is 51.4 Å². The second-order valence-corrected chi connectivity index (χ2v) is 3.72. The van der Waals surface area contributed by atoms with Crippen LogP contribution in [0.2, 0.25) is 0 Å². The number of ether oxygens (including phenoxy) is 2. The Morgan fingerprint density at radius 3 is 2.33 bits per heavy atom.